The van der Waals surface area contributed by atoms with Gasteiger partial charge in [-0.25, -0.2) is 0 Å². The number of benzene rings is 1. The van der Waals surface area contributed by atoms with Gasteiger partial charge < -0.3 is 20.3 Å². The Hall–Kier alpha value is -1.63. The molecule has 2 aliphatic heterocycles. The summed E-state index contributed by atoms with van der Waals surface area (Å²) in [5, 5.41) is 0.632. The molecule has 2 aliphatic rings. The molecule has 2 atom stereocenters. The molecule has 2 saturated heterocycles. The second-order valence-electron chi connectivity index (χ2n) is 6.57. The maximum Gasteiger partial charge on any atom is 0.251 e. The zero-order chi connectivity index (χ0) is 17.8. The number of nitrogens with zero attached hydrogens (tertiary/aromatic N) is 2. The number of piperazine rings is 1. The van der Waals surface area contributed by atoms with Crippen LogP contribution in [0.15, 0.2) is 24.3 Å². The zero-order valence-electron chi connectivity index (χ0n) is 14.2. The fourth-order valence-electron chi connectivity index (χ4n) is 3.37. The van der Waals surface area contributed by atoms with Crippen LogP contribution in [0.4, 0.5) is 0 Å². The van der Waals surface area contributed by atoms with Crippen LogP contribution < -0.4 is 5.73 Å². The van der Waals surface area contributed by atoms with Gasteiger partial charge in [0.1, 0.15) is 6.10 Å². The van der Waals surface area contributed by atoms with Crippen LogP contribution in [0.25, 0.3) is 0 Å². The molecule has 0 radical (unpaired) electrons. The van der Waals surface area contributed by atoms with E-state index in [1.807, 2.05) is 23.1 Å². The molecule has 0 spiro atoms. The quantitative estimate of drug-likeness (QED) is 0.865. The van der Waals surface area contributed by atoms with E-state index in [4.69, 9.17) is 22.1 Å². The summed E-state index contributed by atoms with van der Waals surface area (Å²) in [6.07, 6.45) is 1.52. The molecule has 7 heteroatoms. The summed E-state index contributed by atoms with van der Waals surface area (Å²) in [5.74, 6) is 0.0903. The summed E-state index contributed by atoms with van der Waals surface area (Å²) in [7, 11) is 0. The van der Waals surface area contributed by atoms with Crippen LogP contribution >= 0.6 is 11.6 Å². The smallest absolute Gasteiger partial charge is 0.251 e. The lowest BCUT2D eigenvalue weighted by molar-refractivity contribution is -0.147. The largest absolute Gasteiger partial charge is 0.364 e. The number of carbonyl (C=O) groups excluding carboxylic acids is 2. The third kappa shape index (κ3) is 4.51. The Balaban J connectivity index is 1.48. The van der Waals surface area contributed by atoms with Gasteiger partial charge in [0, 0.05) is 37.7 Å². The van der Waals surface area contributed by atoms with Crippen LogP contribution in [-0.4, -0.2) is 66.5 Å². The highest BCUT2D eigenvalue weighted by atomic mass is 35.5. The molecule has 1 aromatic carbocycles. The summed E-state index contributed by atoms with van der Waals surface area (Å²) in [5.41, 5.74) is 6.50. The van der Waals surface area contributed by atoms with Gasteiger partial charge in [-0.2, -0.15) is 0 Å². The van der Waals surface area contributed by atoms with E-state index in [0.717, 1.165) is 18.4 Å². The maximum absolute atomic E-state index is 12.5. The Morgan fingerprint density at radius 1 is 1.16 bits per heavy atom. The van der Waals surface area contributed by atoms with E-state index in [0.29, 0.717) is 44.2 Å². The fraction of sp³-hybridized carbons (Fsp3) is 0.556. The third-order valence-electron chi connectivity index (χ3n) is 4.83. The van der Waals surface area contributed by atoms with Gasteiger partial charge in [-0.1, -0.05) is 23.7 Å². The zero-order valence-corrected chi connectivity index (χ0v) is 15.0. The Labute approximate surface area is 152 Å². The minimum atomic E-state index is -0.373. The van der Waals surface area contributed by atoms with Gasteiger partial charge in [-0.05, 0) is 30.5 Å². The first-order chi connectivity index (χ1) is 12.1. The minimum Gasteiger partial charge on any atom is -0.364 e. The summed E-state index contributed by atoms with van der Waals surface area (Å²) in [6.45, 7) is 2.66. The fourth-order valence-corrected chi connectivity index (χ4v) is 3.59. The van der Waals surface area contributed by atoms with Crippen molar-refractivity contribution in [3.63, 3.8) is 0 Å². The highest BCUT2D eigenvalue weighted by Gasteiger charge is 2.34. The van der Waals surface area contributed by atoms with E-state index in [-0.39, 0.29) is 24.0 Å². The highest BCUT2D eigenvalue weighted by Crippen LogP contribution is 2.21. The predicted octanol–water partition coefficient (Wildman–Crippen LogP) is 1.06. The Morgan fingerprint density at radius 2 is 1.88 bits per heavy atom. The Kier molecular flexibility index (Phi) is 5.93. The third-order valence-corrected chi connectivity index (χ3v) is 5.07. The van der Waals surface area contributed by atoms with Gasteiger partial charge >= 0.3 is 0 Å². The predicted molar refractivity (Wildman–Crippen MR) is 95.3 cm³/mol. The van der Waals surface area contributed by atoms with Crippen LogP contribution in [-0.2, 0) is 20.7 Å². The minimum absolute atomic E-state index is 0.00508. The SMILES string of the molecule is NC[C@H]1CC[C@@H](C(=O)N2CCN(C(=O)Cc3cccc(Cl)c3)CC2)O1. The van der Waals surface area contributed by atoms with Crippen LogP contribution in [0.1, 0.15) is 18.4 Å². The number of hydrogen-bond donors (Lipinski definition) is 1. The van der Waals surface area contributed by atoms with E-state index < -0.39 is 0 Å². The van der Waals surface area contributed by atoms with E-state index in [1.165, 1.54) is 0 Å². The summed E-state index contributed by atoms with van der Waals surface area (Å²) >= 11 is 5.96. The number of rotatable bonds is 4. The van der Waals surface area contributed by atoms with Crippen LogP contribution in [0.3, 0.4) is 0 Å². The second-order valence-corrected chi connectivity index (χ2v) is 7.01. The van der Waals surface area contributed by atoms with Crippen molar-refractivity contribution < 1.29 is 14.3 Å². The molecule has 2 heterocycles. The van der Waals surface area contributed by atoms with Crippen molar-refractivity contribution in [2.24, 2.45) is 5.73 Å². The molecule has 0 aliphatic carbocycles. The van der Waals surface area contributed by atoms with Crippen LogP contribution in [0.2, 0.25) is 5.02 Å². The van der Waals surface area contributed by atoms with E-state index in [1.54, 1.807) is 11.0 Å². The molecular weight excluding hydrogens is 342 g/mol. The lowest BCUT2D eigenvalue weighted by Gasteiger charge is -2.36. The molecule has 1 aromatic rings. The molecule has 2 amide bonds. The summed E-state index contributed by atoms with van der Waals surface area (Å²) in [6, 6.07) is 7.34. The van der Waals surface area contributed by atoms with Gasteiger partial charge in [-0.3, -0.25) is 9.59 Å². The van der Waals surface area contributed by atoms with E-state index >= 15 is 0 Å². The van der Waals surface area contributed by atoms with Crippen molar-refractivity contribution in [3.8, 4) is 0 Å². The molecule has 25 heavy (non-hydrogen) atoms. The molecule has 0 bridgehead atoms. The first-order valence-electron chi connectivity index (χ1n) is 8.73. The second kappa shape index (κ2) is 8.17. The molecule has 3 rings (SSSR count). The first kappa shape index (κ1) is 18.2. The molecule has 2 N–H and O–H groups in total. The Bertz CT molecular complexity index is 632. The number of ether oxygens (including phenoxy) is 1. The topological polar surface area (TPSA) is 75.9 Å². The Morgan fingerprint density at radius 3 is 2.52 bits per heavy atom. The van der Waals surface area contributed by atoms with Crippen molar-refractivity contribution in [2.75, 3.05) is 32.7 Å². The lowest BCUT2D eigenvalue weighted by Crippen LogP contribution is -2.53. The van der Waals surface area contributed by atoms with E-state index in [2.05, 4.69) is 0 Å². The highest BCUT2D eigenvalue weighted by molar-refractivity contribution is 6.30. The normalized spacial score (nSPS) is 23.8. The van der Waals surface area contributed by atoms with Gasteiger partial charge in [-0.15, -0.1) is 0 Å². The lowest BCUT2D eigenvalue weighted by atomic mass is 10.1. The molecule has 0 unspecified atom stereocenters. The molecule has 136 valence electrons. The standard InChI is InChI=1S/C18H24ClN3O3/c19-14-3-1-2-13(10-14)11-17(23)21-6-8-22(9-7-21)18(24)16-5-4-15(12-20)25-16/h1-3,10,15-16H,4-9,11-12,20H2/t15-,16+/m1/s1. The number of halogens is 1. The molecular formula is C18H24ClN3O3. The van der Waals surface area contributed by atoms with Crippen LogP contribution in [0, 0.1) is 0 Å². The summed E-state index contributed by atoms with van der Waals surface area (Å²) < 4.78 is 5.68. The average molecular weight is 366 g/mol. The first-order valence-corrected chi connectivity index (χ1v) is 9.11. The average Bonchev–Trinajstić information content (AvgIpc) is 3.10. The van der Waals surface area contributed by atoms with Gasteiger partial charge in [0.05, 0.1) is 12.5 Å². The van der Waals surface area contributed by atoms with E-state index in [9.17, 15) is 9.59 Å². The molecule has 6 nitrogen and oxygen atoms in total. The molecule has 0 aromatic heterocycles. The van der Waals surface area contributed by atoms with Crippen molar-refractivity contribution in [1.29, 1.82) is 0 Å². The monoisotopic (exact) mass is 365 g/mol. The maximum atomic E-state index is 12.5. The van der Waals surface area contributed by atoms with Crippen LogP contribution in [0.5, 0.6) is 0 Å². The van der Waals surface area contributed by atoms with Gasteiger partial charge in [0.15, 0.2) is 0 Å². The van der Waals surface area contributed by atoms with Crippen molar-refractivity contribution in [1.82, 2.24) is 9.80 Å². The van der Waals surface area contributed by atoms with Gasteiger partial charge in [0.2, 0.25) is 5.91 Å². The van der Waals surface area contributed by atoms with Crippen molar-refractivity contribution >= 4 is 23.4 Å². The number of amides is 2. The molecule has 2 fully saturated rings. The number of nitrogens with two attached hydrogens (primary N) is 1. The van der Waals surface area contributed by atoms with Crippen molar-refractivity contribution in [2.45, 2.75) is 31.5 Å². The number of carbonyl (C=O) groups is 2. The number of hydrogen-bond acceptors (Lipinski definition) is 4. The summed E-state index contributed by atoms with van der Waals surface area (Å²) in [4.78, 5) is 28.5. The van der Waals surface area contributed by atoms with Crippen molar-refractivity contribution in [3.05, 3.63) is 34.9 Å². The molecule has 0 saturated carbocycles. The van der Waals surface area contributed by atoms with Gasteiger partial charge in [0.25, 0.3) is 5.91 Å².